The van der Waals surface area contributed by atoms with Crippen LogP contribution >= 0.6 is 0 Å². The lowest BCUT2D eigenvalue weighted by atomic mass is 10.2. The highest BCUT2D eigenvalue weighted by molar-refractivity contribution is 5.79. The van der Waals surface area contributed by atoms with E-state index in [0.717, 1.165) is 31.2 Å². The number of rotatable bonds is 6. The molecule has 0 bridgehead atoms. The zero-order chi connectivity index (χ0) is 15.8. The van der Waals surface area contributed by atoms with Gasteiger partial charge in [-0.1, -0.05) is 18.2 Å². The molecule has 2 aromatic rings. The first kappa shape index (κ1) is 16.1. The van der Waals surface area contributed by atoms with Gasteiger partial charge in [0.05, 0.1) is 11.9 Å². The number of nitrogens with zero attached hydrogens (tertiary/aromatic N) is 3. The number of nitrogens with one attached hydrogen (secondary N) is 2. The third-order valence-corrected chi connectivity index (χ3v) is 3.10. The van der Waals surface area contributed by atoms with Crippen LogP contribution in [0.25, 0.3) is 5.69 Å². The Labute approximate surface area is 132 Å². The van der Waals surface area contributed by atoms with E-state index < -0.39 is 0 Å². The predicted octanol–water partition coefficient (Wildman–Crippen LogP) is 2.38. The fraction of sp³-hybridized carbons (Fsp3) is 0.412. The Bertz CT molecular complexity index is 586. The Morgan fingerprint density at radius 3 is 2.73 bits per heavy atom. The summed E-state index contributed by atoms with van der Waals surface area (Å²) in [4.78, 5) is 4.59. The summed E-state index contributed by atoms with van der Waals surface area (Å²) in [6, 6.07) is 10.5. The smallest absolute Gasteiger partial charge is 0.191 e. The van der Waals surface area contributed by atoms with Crippen molar-refractivity contribution in [2.45, 2.75) is 33.2 Å². The Kier molecular flexibility index (Phi) is 6.01. The Hall–Kier alpha value is -2.30. The van der Waals surface area contributed by atoms with Crippen molar-refractivity contribution in [3.63, 3.8) is 0 Å². The van der Waals surface area contributed by atoms with E-state index in [1.165, 1.54) is 5.56 Å². The standard InChI is InChI=1S/C17H25N5/c1-4-18-17(21-14(2)3)19-11-10-15-12-20-22(13-15)16-8-6-5-7-9-16/h5-9,12-14H,4,10-11H2,1-3H3,(H2,18,19,21). The molecule has 1 aromatic heterocycles. The molecule has 118 valence electrons. The number of benzene rings is 1. The summed E-state index contributed by atoms with van der Waals surface area (Å²) in [5.74, 6) is 0.868. The van der Waals surface area contributed by atoms with Crippen molar-refractivity contribution in [3.8, 4) is 5.69 Å². The number of aliphatic imine (C=N–C) groups is 1. The molecule has 0 unspecified atom stereocenters. The molecule has 22 heavy (non-hydrogen) atoms. The van der Waals surface area contributed by atoms with Gasteiger partial charge in [-0.25, -0.2) is 4.68 Å². The first-order valence-electron chi connectivity index (χ1n) is 7.83. The molecule has 1 aromatic carbocycles. The minimum Gasteiger partial charge on any atom is -0.357 e. The van der Waals surface area contributed by atoms with Crippen molar-refractivity contribution in [3.05, 3.63) is 48.3 Å². The monoisotopic (exact) mass is 299 g/mol. The normalized spacial score (nSPS) is 11.7. The third-order valence-electron chi connectivity index (χ3n) is 3.10. The third kappa shape index (κ3) is 4.91. The van der Waals surface area contributed by atoms with Crippen LogP contribution in [0.3, 0.4) is 0 Å². The maximum atomic E-state index is 4.59. The molecule has 0 aliphatic carbocycles. The van der Waals surface area contributed by atoms with Crippen LogP contribution < -0.4 is 10.6 Å². The van der Waals surface area contributed by atoms with Crippen LogP contribution in [0.1, 0.15) is 26.3 Å². The lowest BCUT2D eigenvalue weighted by Gasteiger charge is -2.13. The Morgan fingerprint density at radius 1 is 1.27 bits per heavy atom. The van der Waals surface area contributed by atoms with Gasteiger partial charge in [0.2, 0.25) is 0 Å². The average Bonchev–Trinajstić information content (AvgIpc) is 2.97. The zero-order valence-electron chi connectivity index (χ0n) is 13.6. The van der Waals surface area contributed by atoms with E-state index >= 15 is 0 Å². The molecule has 5 nitrogen and oxygen atoms in total. The number of guanidine groups is 1. The number of aromatic nitrogens is 2. The van der Waals surface area contributed by atoms with Crippen molar-refractivity contribution in [2.24, 2.45) is 4.99 Å². The van der Waals surface area contributed by atoms with Gasteiger partial charge in [0.25, 0.3) is 0 Å². The van der Waals surface area contributed by atoms with Crippen molar-refractivity contribution in [1.29, 1.82) is 0 Å². The van der Waals surface area contributed by atoms with Gasteiger partial charge in [-0.3, -0.25) is 4.99 Å². The van der Waals surface area contributed by atoms with Gasteiger partial charge in [-0.05, 0) is 44.9 Å². The zero-order valence-corrected chi connectivity index (χ0v) is 13.6. The lowest BCUT2D eigenvalue weighted by molar-refractivity contribution is 0.700. The number of hydrogen-bond acceptors (Lipinski definition) is 2. The largest absolute Gasteiger partial charge is 0.357 e. The van der Waals surface area contributed by atoms with E-state index in [0.29, 0.717) is 6.04 Å². The summed E-state index contributed by atoms with van der Waals surface area (Å²) in [7, 11) is 0. The van der Waals surface area contributed by atoms with Gasteiger partial charge in [-0.15, -0.1) is 0 Å². The fourth-order valence-electron chi connectivity index (χ4n) is 2.10. The molecule has 0 amide bonds. The first-order valence-corrected chi connectivity index (χ1v) is 7.83. The highest BCUT2D eigenvalue weighted by atomic mass is 15.3. The molecular weight excluding hydrogens is 274 g/mol. The van der Waals surface area contributed by atoms with Crippen LogP contribution in [-0.2, 0) is 6.42 Å². The quantitative estimate of drug-likeness (QED) is 0.636. The molecule has 0 fully saturated rings. The predicted molar refractivity (Wildman–Crippen MR) is 91.5 cm³/mol. The molecule has 2 N–H and O–H groups in total. The SMILES string of the molecule is CCNC(=NCCc1cnn(-c2ccccc2)c1)NC(C)C. The Balaban J connectivity index is 1.93. The molecule has 0 radical (unpaired) electrons. The van der Waals surface area contributed by atoms with Crippen molar-refractivity contribution in [1.82, 2.24) is 20.4 Å². The van der Waals surface area contributed by atoms with Gasteiger partial charge < -0.3 is 10.6 Å². The minimum absolute atomic E-state index is 0.374. The maximum absolute atomic E-state index is 4.59. The van der Waals surface area contributed by atoms with E-state index in [9.17, 15) is 0 Å². The van der Waals surface area contributed by atoms with E-state index in [1.807, 2.05) is 41.2 Å². The van der Waals surface area contributed by atoms with Crippen LogP contribution in [0.5, 0.6) is 0 Å². The summed E-state index contributed by atoms with van der Waals surface area (Å²) in [5.41, 5.74) is 2.26. The van der Waals surface area contributed by atoms with E-state index in [2.05, 4.69) is 47.7 Å². The summed E-state index contributed by atoms with van der Waals surface area (Å²) >= 11 is 0. The van der Waals surface area contributed by atoms with Crippen LogP contribution in [0.2, 0.25) is 0 Å². The lowest BCUT2D eigenvalue weighted by Crippen LogP contribution is -2.41. The van der Waals surface area contributed by atoms with Crippen LogP contribution in [0.4, 0.5) is 0 Å². The maximum Gasteiger partial charge on any atom is 0.191 e. The molecule has 1 heterocycles. The highest BCUT2D eigenvalue weighted by Crippen LogP contribution is 2.08. The molecule has 5 heteroatoms. The summed E-state index contributed by atoms with van der Waals surface area (Å²) in [5, 5.41) is 11.0. The van der Waals surface area contributed by atoms with Crippen molar-refractivity contribution >= 4 is 5.96 Å². The molecule has 0 spiro atoms. The van der Waals surface area contributed by atoms with Crippen LogP contribution in [0.15, 0.2) is 47.7 Å². The van der Waals surface area contributed by atoms with Gasteiger partial charge >= 0.3 is 0 Å². The van der Waals surface area contributed by atoms with Gasteiger partial charge in [0.15, 0.2) is 5.96 Å². The molecule has 0 aliphatic rings. The van der Waals surface area contributed by atoms with Gasteiger partial charge in [0.1, 0.15) is 0 Å². The second-order valence-corrected chi connectivity index (χ2v) is 5.44. The molecule has 2 rings (SSSR count). The van der Waals surface area contributed by atoms with E-state index in [1.54, 1.807) is 0 Å². The van der Waals surface area contributed by atoms with Crippen molar-refractivity contribution in [2.75, 3.05) is 13.1 Å². The number of para-hydroxylation sites is 1. The Morgan fingerprint density at radius 2 is 2.05 bits per heavy atom. The topological polar surface area (TPSA) is 54.2 Å². The minimum atomic E-state index is 0.374. The first-order chi connectivity index (χ1) is 10.7. The van der Waals surface area contributed by atoms with Crippen molar-refractivity contribution < 1.29 is 0 Å². The van der Waals surface area contributed by atoms with E-state index in [4.69, 9.17) is 0 Å². The fourth-order valence-corrected chi connectivity index (χ4v) is 2.10. The molecular formula is C17H25N5. The average molecular weight is 299 g/mol. The van der Waals surface area contributed by atoms with E-state index in [-0.39, 0.29) is 0 Å². The second-order valence-electron chi connectivity index (χ2n) is 5.44. The molecule has 0 saturated carbocycles. The van der Waals surface area contributed by atoms with Gasteiger partial charge in [-0.2, -0.15) is 5.10 Å². The van der Waals surface area contributed by atoms with Gasteiger partial charge in [0, 0.05) is 25.3 Å². The summed E-state index contributed by atoms with van der Waals surface area (Å²) in [6.07, 6.45) is 4.85. The van der Waals surface area contributed by atoms with Crippen LogP contribution in [-0.4, -0.2) is 34.9 Å². The highest BCUT2D eigenvalue weighted by Gasteiger charge is 2.02. The summed E-state index contributed by atoms with van der Waals surface area (Å²) in [6.45, 7) is 7.89. The molecule has 0 saturated heterocycles. The number of hydrogen-bond donors (Lipinski definition) is 2. The van der Waals surface area contributed by atoms with Crippen LogP contribution in [0, 0.1) is 0 Å². The summed E-state index contributed by atoms with van der Waals surface area (Å²) < 4.78 is 1.90. The molecule has 0 atom stereocenters. The second kappa shape index (κ2) is 8.22. The molecule has 0 aliphatic heterocycles.